The van der Waals surface area contributed by atoms with Crippen LogP contribution in [0.4, 0.5) is 0 Å². The SMILES string of the molecule is CC(C)C1CCC1(C)Cl. The molecule has 1 aliphatic rings. The zero-order chi connectivity index (χ0) is 7.07. The van der Waals surface area contributed by atoms with Crippen molar-refractivity contribution in [2.45, 2.75) is 38.5 Å². The molecular weight excluding hydrogens is 132 g/mol. The Morgan fingerprint density at radius 3 is 2.11 bits per heavy atom. The van der Waals surface area contributed by atoms with E-state index in [1.807, 2.05) is 0 Å². The highest BCUT2D eigenvalue weighted by Gasteiger charge is 2.42. The fourth-order valence-corrected chi connectivity index (χ4v) is 2.21. The standard InChI is InChI=1S/C8H15Cl/c1-6(2)7-4-5-8(7,3)9/h6-7H,4-5H2,1-3H3. The number of alkyl halides is 1. The monoisotopic (exact) mass is 146 g/mol. The van der Waals surface area contributed by atoms with E-state index in [2.05, 4.69) is 20.8 Å². The fraction of sp³-hybridized carbons (Fsp3) is 1.00. The summed E-state index contributed by atoms with van der Waals surface area (Å²) in [4.78, 5) is 0.133. The van der Waals surface area contributed by atoms with Gasteiger partial charge in [-0.3, -0.25) is 0 Å². The molecule has 1 saturated carbocycles. The van der Waals surface area contributed by atoms with E-state index < -0.39 is 0 Å². The Labute approximate surface area is 62.6 Å². The van der Waals surface area contributed by atoms with E-state index in [4.69, 9.17) is 11.6 Å². The molecule has 1 heteroatoms. The van der Waals surface area contributed by atoms with E-state index in [0.29, 0.717) is 0 Å². The first-order valence-corrected chi connectivity index (χ1v) is 4.11. The first-order chi connectivity index (χ1) is 4.04. The molecule has 2 atom stereocenters. The molecule has 1 fully saturated rings. The third kappa shape index (κ3) is 1.24. The molecule has 0 heterocycles. The lowest BCUT2D eigenvalue weighted by Gasteiger charge is -2.44. The maximum atomic E-state index is 6.17. The van der Waals surface area contributed by atoms with Crippen LogP contribution in [0.25, 0.3) is 0 Å². The van der Waals surface area contributed by atoms with Crippen molar-refractivity contribution in [2.75, 3.05) is 0 Å². The van der Waals surface area contributed by atoms with E-state index in [-0.39, 0.29) is 4.87 Å². The van der Waals surface area contributed by atoms with Crippen LogP contribution in [-0.2, 0) is 0 Å². The van der Waals surface area contributed by atoms with Crippen molar-refractivity contribution in [2.24, 2.45) is 11.8 Å². The molecule has 0 aromatic heterocycles. The second-order valence-corrected chi connectivity index (χ2v) is 4.53. The Bertz CT molecular complexity index is 105. The molecule has 0 amide bonds. The Morgan fingerprint density at radius 2 is 2.11 bits per heavy atom. The highest BCUT2D eigenvalue weighted by Crippen LogP contribution is 2.47. The van der Waals surface area contributed by atoms with Gasteiger partial charge in [-0.2, -0.15) is 0 Å². The Balaban J connectivity index is 2.45. The van der Waals surface area contributed by atoms with Gasteiger partial charge in [-0.15, -0.1) is 11.6 Å². The van der Waals surface area contributed by atoms with Gasteiger partial charge in [-0.05, 0) is 31.6 Å². The summed E-state index contributed by atoms with van der Waals surface area (Å²) in [5.41, 5.74) is 0. The third-order valence-corrected chi connectivity index (χ3v) is 2.99. The summed E-state index contributed by atoms with van der Waals surface area (Å²) < 4.78 is 0. The van der Waals surface area contributed by atoms with Crippen LogP contribution in [0.3, 0.4) is 0 Å². The van der Waals surface area contributed by atoms with Crippen LogP contribution in [0.1, 0.15) is 33.6 Å². The van der Waals surface area contributed by atoms with E-state index in [1.54, 1.807) is 0 Å². The fourth-order valence-electron chi connectivity index (χ4n) is 1.74. The minimum Gasteiger partial charge on any atom is -0.119 e. The molecule has 0 N–H and O–H groups in total. The molecule has 0 nitrogen and oxygen atoms in total. The van der Waals surface area contributed by atoms with Crippen molar-refractivity contribution in [1.82, 2.24) is 0 Å². The number of hydrogen-bond acceptors (Lipinski definition) is 0. The summed E-state index contributed by atoms with van der Waals surface area (Å²) in [6, 6.07) is 0. The zero-order valence-corrected chi connectivity index (χ0v) is 7.20. The average Bonchev–Trinajstić information content (AvgIpc) is 1.62. The third-order valence-electron chi connectivity index (χ3n) is 2.52. The summed E-state index contributed by atoms with van der Waals surface area (Å²) >= 11 is 6.17. The molecule has 0 radical (unpaired) electrons. The van der Waals surface area contributed by atoms with Gasteiger partial charge in [0, 0.05) is 4.87 Å². The maximum absolute atomic E-state index is 6.17. The highest BCUT2D eigenvalue weighted by atomic mass is 35.5. The second kappa shape index (κ2) is 2.16. The van der Waals surface area contributed by atoms with Gasteiger partial charge in [0.15, 0.2) is 0 Å². The van der Waals surface area contributed by atoms with Gasteiger partial charge in [0.05, 0.1) is 0 Å². The van der Waals surface area contributed by atoms with Crippen LogP contribution in [0, 0.1) is 11.8 Å². The van der Waals surface area contributed by atoms with Gasteiger partial charge in [-0.25, -0.2) is 0 Å². The van der Waals surface area contributed by atoms with E-state index >= 15 is 0 Å². The van der Waals surface area contributed by atoms with Crippen molar-refractivity contribution < 1.29 is 0 Å². The van der Waals surface area contributed by atoms with Crippen molar-refractivity contribution in [1.29, 1.82) is 0 Å². The molecule has 54 valence electrons. The van der Waals surface area contributed by atoms with Gasteiger partial charge in [0.25, 0.3) is 0 Å². The van der Waals surface area contributed by atoms with E-state index in [1.165, 1.54) is 12.8 Å². The summed E-state index contributed by atoms with van der Waals surface area (Å²) in [6.07, 6.45) is 2.54. The minimum atomic E-state index is 0.133. The predicted molar refractivity (Wildman–Crippen MR) is 41.8 cm³/mol. The summed E-state index contributed by atoms with van der Waals surface area (Å²) in [7, 11) is 0. The molecule has 1 aliphatic carbocycles. The molecule has 0 saturated heterocycles. The van der Waals surface area contributed by atoms with Crippen LogP contribution in [0.5, 0.6) is 0 Å². The van der Waals surface area contributed by atoms with Crippen molar-refractivity contribution in [3.05, 3.63) is 0 Å². The van der Waals surface area contributed by atoms with Gasteiger partial charge in [-0.1, -0.05) is 13.8 Å². The molecular formula is C8H15Cl. The molecule has 1 rings (SSSR count). The van der Waals surface area contributed by atoms with E-state index in [9.17, 15) is 0 Å². The Kier molecular flexibility index (Phi) is 1.77. The molecule has 9 heavy (non-hydrogen) atoms. The van der Waals surface area contributed by atoms with Gasteiger partial charge in [0.1, 0.15) is 0 Å². The lowest BCUT2D eigenvalue weighted by Crippen LogP contribution is -2.41. The summed E-state index contributed by atoms with van der Waals surface area (Å²) in [5.74, 6) is 1.53. The second-order valence-electron chi connectivity index (χ2n) is 3.67. The summed E-state index contributed by atoms with van der Waals surface area (Å²) in [5, 5.41) is 0. The first-order valence-electron chi connectivity index (χ1n) is 3.73. The zero-order valence-electron chi connectivity index (χ0n) is 6.45. The van der Waals surface area contributed by atoms with Crippen LogP contribution < -0.4 is 0 Å². The molecule has 0 bridgehead atoms. The largest absolute Gasteiger partial charge is 0.119 e. The molecule has 0 aliphatic heterocycles. The predicted octanol–water partition coefficient (Wildman–Crippen LogP) is 3.05. The van der Waals surface area contributed by atoms with Crippen LogP contribution in [0.15, 0.2) is 0 Å². The van der Waals surface area contributed by atoms with Gasteiger partial charge < -0.3 is 0 Å². The smallest absolute Gasteiger partial charge is 0.0449 e. The Hall–Kier alpha value is 0.290. The quantitative estimate of drug-likeness (QED) is 0.499. The average molecular weight is 147 g/mol. The maximum Gasteiger partial charge on any atom is 0.0449 e. The highest BCUT2D eigenvalue weighted by molar-refractivity contribution is 6.24. The normalized spacial score (nSPS) is 43.0. The molecule has 0 aromatic rings. The van der Waals surface area contributed by atoms with Crippen LogP contribution in [-0.4, -0.2) is 4.87 Å². The van der Waals surface area contributed by atoms with Gasteiger partial charge >= 0.3 is 0 Å². The van der Waals surface area contributed by atoms with Crippen LogP contribution >= 0.6 is 11.6 Å². The topological polar surface area (TPSA) is 0 Å². The van der Waals surface area contributed by atoms with Crippen molar-refractivity contribution >= 4 is 11.6 Å². The molecule has 0 aromatic carbocycles. The Morgan fingerprint density at radius 1 is 1.56 bits per heavy atom. The number of halogens is 1. The van der Waals surface area contributed by atoms with Crippen molar-refractivity contribution in [3.63, 3.8) is 0 Å². The number of hydrogen-bond donors (Lipinski definition) is 0. The van der Waals surface area contributed by atoms with Crippen molar-refractivity contribution in [3.8, 4) is 0 Å². The minimum absolute atomic E-state index is 0.133. The summed E-state index contributed by atoms with van der Waals surface area (Å²) in [6.45, 7) is 6.66. The molecule has 2 unspecified atom stereocenters. The lowest BCUT2D eigenvalue weighted by atomic mass is 9.68. The molecule has 0 spiro atoms. The number of rotatable bonds is 1. The lowest BCUT2D eigenvalue weighted by molar-refractivity contribution is 0.165. The first kappa shape index (κ1) is 7.40. The van der Waals surface area contributed by atoms with Gasteiger partial charge in [0.2, 0.25) is 0 Å². The van der Waals surface area contributed by atoms with E-state index in [0.717, 1.165) is 11.8 Å². The van der Waals surface area contributed by atoms with Crippen LogP contribution in [0.2, 0.25) is 0 Å².